The molecule has 0 spiro atoms. The fraction of sp³-hybridized carbons (Fsp3) is 0.500. The number of nitrogens with one attached hydrogen (secondary N) is 1. The van der Waals surface area contributed by atoms with Crippen LogP contribution in [0.5, 0.6) is 0 Å². The smallest absolute Gasteiger partial charge is 0.397 e. The molecular weight excluding hydrogens is 385 g/mol. The first kappa shape index (κ1) is 19.3. The normalized spacial score (nSPS) is 15.6. The van der Waals surface area contributed by atoms with Crippen molar-refractivity contribution in [1.82, 2.24) is 5.32 Å². The number of rotatable bonds is 4. The second-order valence-corrected chi connectivity index (χ2v) is 6.06. The third-order valence-corrected chi connectivity index (χ3v) is 4.32. The summed E-state index contributed by atoms with van der Waals surface area (Å²) in [5, 5.41) is 3.09. The Morgan fingerprint density at radius 1 is 1.32 bits per heavy atom. The minimum atomic E-state index is -4.58. The maximum atomic E-state index is 12.9. The number of halogens is 5. The summed E-state index contributed by atoms with van der Waals surface area (Å²) in [6.07, 6.45) is -0.324. The van der Waals surface area contributed by atoms with Crippen molar-refractivity contribution in [2.75, 3.05) is 12.3 Å². The van der Waals surface area contributed by atoms with Crippen molar-refractivity contribution in [3.8, 4) is 0 Å². The number of hydrogen-bond acceptors (Lipinski definition) is 3. The van der Waals surface area contributed by atoms with Crippen LogP contribution in [0.25, 0.3) is 0 Å². The molecule has 0 heterocycles. The standard InChI is InChI=1S/C14H16BrF3N2O.ClH/c15-11-6-8(5-10(13(11)19)14(16,17)18)12(21)7-20-9-3-1-2-4-9;/h5-6,9,20H,1-4,7,19H2;1H. The summed E-state index contributed by atoms with van der Waals surface area (Å²) < 4.78 is 38.7. The van der Waals surface area contributed by atoms with Crippen LogP contribution in [0.1, 0.15) is 41.6 Å². The number of ketones is 1. The van der Waals surface area contributed by atoms with Gasteiger partial charge in [-0.15, -0.1) is 12.4 Å². The number of carbonyl (C=O) groups is 1. The second-order valence-electron chi connectivity index (χ2n) is 5.20. The lowest BCUT2D eigenvalue weighted by atomic mass is 10.0. The predicted molar refractivity (Wildman–Crippen MR) is 85.4 cm³/mol. The first-order chi connectivity index (χ1) is 9.79. The molecule has 1 aliphatic carbocycles. The Morgan fingerprint density at radius 3 is 2.45 bits per heavy atom. The highest BCUT2D eigenvalue weighted by atomic mass is 79.9. The molecule has 2 rings (SSSR count). The average molecular weight is 402 g/mol. The molecule has 0 aliphatic heterocycles. The van der Waals surface area contributed by atoms with Crippen LogP contribution in [0, 0.1) is 0 Å². The van der Waals surface area contributed by atoms with Gasteiger partial charge in [0, 0.05) is 16.1 Å². The highest BCUT2D eigenvalue weighted by molar-refractivity contribution is 9.10. The average Bonchev–Trinajstić information content (AvgIpc) is 2.90. The number of carbonyl (C=O) groups excluding carboxylic acids is 1. The van der Waals surface area contributed by atoms with Gasteiger partial charge in [0.2, 0.25) is 0 Å². The molecule has 124 valence electrons. The molecule has 0 saturated heterocycles. The van der Waals surface area contributed by atoms with E-state index in [0.29, 0.717) is 0 Å². The maximum Gasteiger partial charge on any atom is 0.418 e. The van der Waals surface area contributed by atoms with Gasteiger partial charge < -0.3 is 11.1 Å². The van der Waals surface area contributed by atoms with Crippen molar-refractivity contribution in [2.24, 2.45) is 0 Å². The van der Waals surface area contributed by atoms with E-state index in [1.165, 1.54) is 6.07 Å². The predicted octanol–water partition coefficient (Wildman–Crippen LogP) is 4.19. The largest absolute Gasteiger partial charge is 0.418 e. The van der Waals surface area contributed by atoms with Crippen molar-refractivity contribution in [2.45, 2.75) is 37.9 Å². The zero-order chi connectivity index (χ0) is 15.6. The number of alkyl halides is 3. The van der Waals surface area contributed by atoms with Crippen molar-refractivity contribution >= 4 is 39.8 Å². The van der Waals surface area contributed by atoms with E-state index in [2.05, 4.69) is 21.2 Å². The molecule has 1 saturated carbocycles. The van der Waals surface area contributed by atoms with Gasteiger partial charge >= 0.3 is 6.18 Å². The van der Waals surface area contributed by atoms with Gasteiger partial charge in [-0.1, -0.05) is 12.8 Å². The third kappa shape index (κ3) is 4.60. The summed E-state index contributed by atoms with van der Waals surface area (Å²) in [6.45, 7) is 0.0400. The molecule has 1 aromatic rings. The van der Waals surface area contributed by atoms with E-state index in [1.807, 2.05) is 0 Å². The summed E-state index contributed by atoms with van der Waals surface area (Å²) in [4.78, 5) is 12.1. The van der Waals surface area contributed by atoms with Crippen molar-refractivity contribution in [3.63, 3.8) is 0 Å². The zero-order valence-corrected chi connectivity index (χ0v) is 14.1. The van der Waals surface area contributed by atoms with Crippen molar-refractivity contribution in [3.05, 3.63) is 27.7 Å². The molecule has 1 aromatic carbocycles. The van der Waals surface area contributed by atoms with Crippen LogP contribution in [0.15, 0.2) is 16.6 Å². The Bertz CT molecular complexity index is 546. The van der Waals surface area contributed by atoms with E-state index in [-0.39, 0.29) is 40.8 Å². The number of Topliss-reactive ketones (excluding diaryl/α,β-unsaturated/α-hetero) is 1. The fourth-order valence-electron chi connectivity index (χ4n) is 2.48. The van der Waals surface area contributed by atoms with E-state index in [1.54, 1.807) is 0 Å². The Morgan fingerprint density at radius 2 is 1.91 bits per heavy atom. The van der Waals surface area contributed by atoms with Gasteiger partial charge in [0.05, 0.1) is 17.8 Å². The Balaban J connectivity index is 0.00000242. The minimum Gasteiger partial charge on any atom is -0.397 e. The molecule has 1 aliphatic rings. The Hall–Kier alpha value is -0.790. The van der Waals surface area contributed by atoms with Crippen LogP contribution in [0.2, 0.25) is 0 Å². The molecule has 22 heavy (non-hydrogen) atoms. The number of benzene rings is 1. The molecule has 3 nitrogen and oxygen atoms in total. The lowest BCUT2D eigenvalue weighted by Gasteiger charge is -2.14. The van der Waals surface area contributed by atoms with E-state index in [9.17, 15) is 18.0 Å². The molecule has 0 amide bonds. The van der Waals surface area contributed by atoms with E-state index >= 15 is 0 Å². The van der Waals surface area contributed by atoms with Gasteiger partial charge in [-0.05, 0) is 40.9 Å². The van der Waals surface area contributed by atoms with Gasteiger partial charge in [0.25, 0.3) is 0 Å². The van der Waals surface area contributed by atoms with Gasteiger partial charge in [-0.25, -0.2) is 0 Å². The van der Waals surface area contributed by atoms with E-state index in [0.717, 1.165) is 31.7 Å². The van der Waals surface area contributed by atoms with Crippen LogP contribution in [-0.2, 0) is 6.18 Å². The van der Waals surface area contributed by atoms with Gasteiger partial charge in [0.15, 0.2) is 5.78 Å². The fourth-order valence-corrected chi connectivity index (χ4v) is 2.94. The van der Waals surface area contributed by atoms with Crippen LogP contribution >= 0.6 is 28.3 Å². The van der Waals surface area contributed by atoms with Crippen LogP contribution < -0.4 is 11.1 Å². The Labute approximate surface area is 141 Å². The molecule has 0 aromatic heterocycles. The third-order valence-electron chi connectivity index (χ3n) is 3.66. The summed E-state index contributed by atoms with van der Waals surface area (Å²) >= 11 is 2.98. The SMILES string of the molecule is Cl.Nc1c(Br)cc(C(=O)CNC2CCCC2)cc1C(F)(F)F. The highest BCUT2D eigenvalue weighted by Crippen LogP contribution is 2.38. The molecule has 3 N–H and O–H groups in total. The topological polar surface area (TPSA) is 55.1 Å². The van der Waals surface area contributed by atoms with Crippen LogP contribution in [-0.4, -0.2) is 18.4 Å². The molecule has 8 heteroatoms. The molecule has 0 radical (unpaired) electrons. The second kappa shape index (κ2) is 7.66. The first-order valence-corrected chi connectivity index (χ1v) is 7.51. The van der Waals surface area contributed by atoms with E-state index in [4.69, 9.17) is 5.73 Å². The lowest BCUT2D eigenvalue weighted by molar-refractivity contribution is -0.136. The van der Waals surface area contributed by atoms with Gasteiger partial charge in [0.1, 0.15) is 0 Å². The van der Waals surface area contributed by atoms with Crippen molar-refractivity contribution < 1.29 is 18.0 Å². The number of anilines is 1. The molecule has 0 atom stereocenters. The van der Waals surface area contributed by atoms with Gasteiger partial charge in [-0.2, -0.15) is 13.2 Å². The minimum absolute atomic E-state index is 0. The molecule has 0 bridgehead atoms. The summed E-state index contributed by atoms with van der Waals surface area (Å²) in [5.41, 5.74) is 4.04. The first-order valence-electron chi connectivity index (χ1n) is 6.72. The van der Waals surface area contributed by atoms with Gasteiger partial charge in [-0.3, -0.25) is 4.79 Å². The highest BCUT2D eigenvalue weighted by Gasteiger charge is 2.34. The quantitative estimate of drug-likeness (QED) is 0.588. The van der Waals surface area contributed by atoms with E-state index < -0.39 is 17.4 Å². The summed E-state index contributed by atoms with van der Waals surface area (Å²) in [7, 11) is 0. The monoisotopic (exact) mass is 400 g/mol. The zero-order valence-electron chi connectivity index (χ0n) is 11.7. The van der Waals surface area contributed by atoms with Crippen LogP contribution in [0.4, 0.5) is 18.9 Å². The summed E-state index contributed by atoms with van der Waals surface area (Å²) in [6, 6.07) is 2.44. The molecule has 0 unspecified atom stereocenters. The number of nitrogen functional groups attached to an aromatic ring is 1. The van der Waals surface area contributed by atoms with Crippen molar-refractivity contribution in [1.29, 1.82) is 0 Å². The number of nitrogens with two attached hydrogens (primary N) is 1. The maximum absolute atomic E-state index is 12.9. The summed E-state index contributed by atoms with van der Waals surface area (Å²) in [5.74, 6) is -0.368. The lowest BCUT2D eigenvalue weighted by Crippen LogP contribution is -2.31. The Kier molecular flexibility index (Phi) is 6.70. The number of hydrogen-bond donors (Lipinski definition) is 2. The van der Waals surface area contributed by atoms with Crippen LogP contribution in [0.3, 0.4) is 0 Å². The molecule has 1 fully saturated rings. The molecular formula is C14H17BrClF3N2O.